The van der Waals surface area contributed by atoms with Crippen molar-refractivity contribution in [2.45, 2.75) is 17.4 Å². The van der Waals surface area contributed by atoms with Crippen molar-refractivity contribution in [2.75, 3.05) is 0 Å². The Morgan fingerprint density at radius 1 is 1.04 bits per heavy atom. The van der Waals surface area contributed by atoms with Crippen LogP contribution in [-0.2, 0) is 0 Å². The summed E-state index contributed by atoms with van der Waals surface area (Å²) in [6, 6.07) is 11.6. The zero-order chi connectivity index (χ0) is 17.4. The molecule has 0 saturated heterocycles. The fourth-order valence-corrected chi connectivity index (χ4v) is 3.58. The Morgan fingerprint density at radius 3 is 2.60 bits per heavy atom. The molecule has 0 aliphatic heterocycles. The number of para-hydroxylation sites is 1. The molecule has 0 aliphatic rings. The first-order valence-electron chi connectivity index (χ1n) is 7.64. The fraction of sp³-hybridized carbons (Fsp3) is 0.111. The quantitative estimate of drug-likeness (QED) is 0.500. The maximum absolute atomic E-state index is 13.9. The third kappa shape index (κ3) is 2.91. The molecule has 126 valence electrons. The lowest BCUT2D eigenvalue weighted by molar-refractivity contribution is 0.465. The van der Waals surface area contributed by atoms with Crippen LogP contribution in [0.5, 0.6) is 0 Å². The Bertz CT molecular complexity index is 1020. The van der Waals surface area contributed by atoms with E-state index in [0.29, 0.717) is 5.89 Å². The van der Waals surface area contributed by atoms with Crippen LogP contribution in [0.1, 0.15) is 17.7 Å². The minimum absolute atomic E-state index is 0.000607. The molecule has 4 rings (SSSR count). The van der Waals surface area contributed by atoms with E-state index in [-0.39, 0.29) is 10.8 Å². The summed E-state index contributed by atoms with van der Waals surface area (Å²) < 4.78 is 33.4. The van der Waals surface area contributed by atoms with E-state index in [4.69, 9.17) is 4.42 Å². The second-order valence-corrected chi connectivity index (χ2v) is 6.81. The second-order valence-electron chi connectivity index (χ2n) is 5.52. The number of nitrogens with one attached hydrogen (secondary N) is 1. The highest BCUT2D eigenvalue weighted by Gasteiger charge is 2.21. The molecule has 4 nitrogen and oxygen atoms in total. The zero-order valence-corrected chi connectivity index (χ0v) is 14.0. The van der Waals surface area contributed by atoms with Gasteiger partial charge in [-0.05, 0) is 25.1 Å². The minimum atomic E-state index is -0.587. The Kier molecular flexibility index (Phi) is 4.01. The average Bonchev–Trinajstić information content (AvgIpc) is 3.21. The minimum Gasteiger partial charge on any atom is -0.411 e. The average molecular weight is 357 g/mol. The standard InChI is InChI=1S/C18H13F2N3OS/c1-10(16-13(19)6-4-7-14(16)20)25-18-23-22-17(24-18)12-9-21-15-8-3-2-5-11(12)15/h2-10,21H,1H3. The fourth-order valence-electron chi connectivity index (χ4n) is 2.72. The highest BCUT2D eigenvalue weighted by atomic mass is 32.2. The van der Waals surface area contributed by atoms with Gasteiger partial charge in [-0.3, -0.25) is 0 Å². The Labute approximate surface area is 146 Å². The molecule has 4 aromatic rings. The first-order valence-corrected chi connectivity index (χ1v) is 8.52. The Balaban J connectivity index is 1.62. The molecule has 0 fully saturated rings. The van der Waals surface area contributed by atoms with Crippen molar-refractivity contribution in [3.63, 3.8) is 0 Å². The van der Waals surface area contributed by atoms with E-state index in [1.54, 1.807) is 13.1 Å². The zero-order valence-electron chi connectivity index (χ0n) is 13.2. The van der Waals surface area contributed by atoms with Crippen molar-refractivity contribution in [3.05, 3.63) is 65.9 Å². The molecule has 0 saturated carbocycles. The van der Waals surface area contributed by atoms with Gasteiger partial charge in [-0.1, -0.05) is 36.0 Å². The van der Waals surface area contributed by atoms with Crippen LogP contribution in [-0.4, -0.2) is 15.2 Å². The van der Waals surface area contributed by atoms with Crippen LogP contribution in [0.2, 0.25) is 0 Å². The van der Waals surface area contributed by atoms with Crippen molar-refractivity contribution >= 4 is 22.7 Å². The molecule has 2 aromatic carbocycles. The predicted octanol–water partition coefficient (Wildman–Crippen LogP) is 5.35. The van der Waals surface area contributed by atoms with Crippen molar-refractivity contribution in [3.8, 4) is 11.5 Å². The number of nitrogens with zero attached hydrogens (tertiary/aromatic N) is 2. The molecule has 0 aliphatic carbocycles. The molecule has 1 atom stereocenters. The van der Waals surface area contributed by atoms with Crippen molar-refractivity contribution in [1.29, 1.82) is 0 Å². The molecular weight excluding hydrogens is 344 g/mol. The van der Waals surface area contributed by atoms with Gasteiger partial charge in [0.25, 0.3) is 11.1 Å². The lowest BCUT2D eigenvalue weighted by Crippen LogP contribution is -1.97. The number of rotatable bonds is 4. The van der Waals surface area contributed by atoms with Gasteiger partial charge in [-0.15, -0.1) is 10.2 Å². The summed E-state index contributed by atoms with van der Waals surface area (Å²) >= 11 is 1.12. The topological polar surface area (TPSA) is 54.7 Å². The summed E-state index contributed by atoms with van der Waals surface area (Å²) in [5.41, 5.74) is 1.76. The Morgan fingerprint density at radius 2 is 1.80 bits per heavy atom. The molecule has 25 heavy (non-hydrogen) atoms. The number of fused-ring (bicyclic) bond motifs is 1. The van der Waals surface area contributed by atoms with E-state index < -0.39 is 16.9 Å². The van der Waals surface area contributed by atoms with E-state index >= 15 is 0 Å². The summed E-state index contributed by atoms with van der Waals surface area (Å²) in [4.78, 5) is 3.14. The molecule has 0 bridgehead atoms. The number of benzene rings is 2. The van der Waals surface area contributed by atoms with Gasteiger partial charge in [0.1, 0.15) is 11.6 Å². The van der Waals surface area contributed by atoms with Crippen LogP contribution < -0.4 is 0 Å². The van der Waals surface area contributed by atoms with E-state index in [2.05, 4.69) is 15.2 Å². The van der Waals surface area contributed by atoms with Crippen molar-refractivity contribution in [1.82, 2.24) is 15.2 Å². The number of hydrogen-bond donors (Lipinski definition) is 1. The smallest absolute Gasteiger partial charge is 0.277 e. The van der Waals surface area contributed by atoms with Crippen molar-refractivity contribution in [2.24, 2.45) is 0 Å². The highest BCUT2D eigenvalue weighted by Crippen LogP contribution is 2.38. The van der Waals surface area contributed by atoms with Gasteiger partial charge in [-0.2, -0.15) is 0 Å². The van der Waals surface area contributed by atoms with Crippen molar-refractivity contribution < 1.29 is 13.2 Å². The monoisotopic (exact) mass is 357 g/mol. The molecule has 7 heteroatoms. The number of aromatic nitrogens is 3. The van der Waals surface area contributed by atoms with Gasteiger partial charge in [0.2, 0.25) is 0 Å². The van der Waals surface area contributed by atoms with E-state index in [1.807, 2.05) is 24.3 Å². The molecule has 2 heterocycles. The molecule has 0 spiro atoms. The van der Waals surface area contributed by atoms with Gasteiger partial charge in [0.15, 0.2) is 0 Å². The molecule has 1 N–H and O–H groups in total. The van der Waals surface area contributed by atoms with E-state index in [0.717, 1.165) is 28.2 Å². The largest absolute Gasteiger partial charge is 0.411 e. The molecule has 0 radical (unpaired) electrons. The third-order valence-electron chi connectivity index (χ3n) is 3.91. The first-order chi connectivity index (χ1) is 12.1. The van der Waals surface area contributed by atoms with Crippen LogP contribution in [0, 0.1) is 11.6 Å². The molecule has 0 amide bonds. The Hall–Kier alpha value is -2.67. The molecule has 2 aromatic heterocycles. The normalized spacial score (nSPS) is 12.6. The number of halogens is 2. The van der Waals surface area contributed by atoms with Gasteiger partial charge in [0, 0.05) is 27.9 Å². The summed E-state index contributed by atoms with van der Waals surface area (Å²) in [6.07, 6.45) is 1.80. The number of hydrogen-bond acceptors (Lipinski definition) is 4. The van der Waals surface area contributed by atoms with Crippen LogP contribution in [0.25, 0.3) is 22.4 Å². The molecule has 1 unspecified atom stereocenters. The third-order valence-corrected chi connectivity index (χ3v) is 4.87. The first kappa shape index (κ1) is 15.8. The van der Waals surface area contributed by atoms with Gasteiger partial charge >= 0.3 is 0 Å². The van der Waals surface area contributed by atoms with Gasteiger partial charge in [-0.25, -0.2) is 8.78 Å². The van der Waals surface area contributed by atoms with Gasteiger partial charge in [0.05, 0.1) is 5.56 Å². The maximum atomic E-state index is 13.9. The van der Waals surface area contributed by atoms with E-state index in [9.17, 15) is 8.78 Å². The highest BCUT2D eigenvalue weighted by molar-refractivity contribution is 7.99. The van der Waals surface area contributed by atoms with Crippen LogP contribution in [0.3, 0.4) is 0 Å². The van der Waals surface area contributed by atoms with E-state index in [1.165, 1.54) is 18.2 Å². The summed E-state index contributed by atoms with van der Waals surface area (Å²) in [6.45, 7) is 1.70. The number of H-pyrrole nitrogens is 1. The summed E-state index contributed by atoms with van der Waals surface area (Å²) in [5, 5.41) is 8.77. The SMILES string of the molecule is CC(Sc1nnc(-c2c[nH]c3ccccc23)o1)c1c(F)cccc1F. The maximum Gasteiger partial charge on any atom is 0.277 e. The number of thioether (sulfide) groups is 1. The second kappa shape index (κ2) is 6.33. The lowest BCUT2D eigenvalue weighted by atomic mass is 10.1. The van der Waals surface area contributed by atoms with Crippen LogP contribution in [0.4, 0.5) is 8.78 Å². The molecular formula is C18H13F2N3OS. The van der Waals surface area contributed by atoms with Gasteiger partial charge < -0.3 is 9.40 Å². The summed E-state index contributed by atoms with van der Waals surface area (Å²) in [7, 11) is 0. The lowest BCUT2D eigenvalue weighted by Gasteiger charge is -2.10. The van der Waals surface area contributed by atoms with Crippen LogP contribution in [0.15, 0.2) is 58.3 Å². The summed E-state index contributed by atoms with van der Waals surface area (Å²) in [5.74, 6) is -0.811. The predicted molar refractivity (Wildman–Crippen MR) is 92.2 cm³/mol. The van der Waals surface area contributed by atoms with Crippen LogP contribution >= 0.6 is 11.8 Å². The number of aromatic amines is 1.